The van der Waals surface area contributed by atoms with Crippen LogP contribution in [0.2, 0.25) is 0 Å². The number of hydrogen-bond acceptors (Lipinski definition) is 3. The Hall–Kier alpha value is -3.73. The highest BCUT2D eigenvalue weighted by Crippen LogP contribution is 2.35. The first-order valence-electron chi connectivity index (χ1n) is 9.66. The van der Waals surface area contributed by atoms with Crippen LogP contribution < -0.4 is 4.90 Å². The standard InChI is InChI=1S/C25H21FN2O2/c1-17-8-10-19(11-9-17)22-23(27(2)16-18-6-4-3-5-7-18)25(30)28(24(22)29)21-14-12-20(26)13-15-21/h3-15H,16H2,1-2H3. The van der Waals surface area contributed by atoms with Crippen LogP contribution in [-0.2, 0) is 16.1 Å². The van der Waals surface area contributed by atoms with E-state index >= 15 is 0 Å². The fraction of sp³-hybridized carbons (Fsp3) is 0.120. The summed E-state index contributed by atoms with van der Waals surface area (Å²) >= 11 is 0. The zero-order valence-electron chi connectivity index (χ0n) is 16.8. The van der Waals surface area contributed by atoms with Gasteiger partial charge >= 0.3 is 0 Å². The highest BCUT2D eigenvalue weighted by molar-refractivity contribution is 6.45. The van der Waals surface area contributed by atoms with E-state index in [4.69, 9.17) is 0 Å². The van der Waals surface area contributed by atoms with Crippen molar-refractivity contribution in [3.63, 3.8) is 0 Å². The van der Waals surface area contributed by atoms with Gasteiger partial charge in [-0.25, -0.2) is 9.29 Å². The van der Waals surface area contributed by atoms with E-state index in [9.17, 15) is 14.0 Å². The lowest BCUT2D eigenvalue weighted by Crippen LogP contribution is -2.34. The van der Waals surface area contributed by atoms with Gasteiger partial charge in [-0.3, -0.25) is 9.59 Å². The quantitative estimate of drug-likeness (QED) is 0.590. The SMILES string of the molecule is Cc1ccc(C2=C(N(C)Cc3ccccc3)C(=O)N(c3ccc(F)cc3)C2=O)cc1. The number of carbonyl (C=O) groups excluding carboxylic acids is 2. The third-order valence-electron chi connectivity index (χ3n) is 5.13. The second kappa shape index (κ2) is 7.95. The molecule has 0 unspecified atom stereocenters. The minimum absolute atomic E-state index is 0.331. The number of hydrogen-bond donors (Lipinski definition) is 0. The van der Waals surface area contributed by atoms with E-state index in [0.717, 1.165) is 16.0 Å². The number of aryl methyl sites for hydroxylation is 1. The molecule has 0 atom stereocenters. The van der Waals surface area contributed by atoms with Crippen molar-refractivity contribution in [1.29, 1.82) is 0 Å². The maximum Gasteiger partial charge on any atom is 0.282 e. The topological polar surface area (TPSA) is 40.6 Å². The average Bonchev–Trinajstić information content (AvgIpc) is 3.00. The van der Waals surface area contributed by atoms with Crippen LogP contribution >= 0.6 is 0 Å². The molecule has 4 nitrogen and oxygen atoms in total. The maximum absolute atomic E-state index is 13.4. The van der Waals surface area contributed by atoms with Crippen molar-refractivity contribution < 1.29 is 14.0 Å². The van der Waals surface area contributed by atoms with Gasteiger partial charge in [0.25, 0.3) is 11.8 Å². The largest absolute Gasteiger partial charge is 0.365 e. The second-order valence-electron chi connectivity index (χ2n) is 7.35. The monoisotopic (exact) mass is 400 g/mol. The zero-order valence-corrected chi connectivity index (χ0v) is 16.8. The molecule has 150 valence electrons. The summed E-state index contributed by atoms with van der Waals surface area (Å²) in [6.07, 6.45) is 0. The summed E-state index contributed by atoms with van der Waals surface area (Å²) in [6.45, 7) is 2.44. The van der Waals surface area contributed by atoms with E-state index in [-0.39, 0.29) is 0 Å². The van der Waals surface area contributed by atoms with Crippen molar-refractivity contribution in [2.45, 2.75) is 13.5 Å². The zero-order chi connectivity index (χ0) is 21.3. The molecule has 0 saturated heterocycles. The molecule has 1 heterocycles. The number of anilines is 1. The number of likely N-dealkylation sites (N-methyl/N-ethyl adjacent to an activating group) is 1. The molecular formula is C25H21FN2O2. The lowest BCUT2D eigenvalue weighted by molar-refractivity contribution is -0.120. The molecule has 0 fully saturated rings. The van der Waals surface area contributed by atoms with Crippen LogP contribution in [0, 0.1) is 12.7 Å². The molecular weight excluding hydrogens is 379 g/mol. The van der Waals surface area contributed by atoms with E-state index in [1.165, 1.54) is 24.3 Å². The van der Waals surface area contributed by atoms with Gasteiger partial charge in [0.15, 0.2) is 0 Å². The third kappa shape index (κ3) is 3.62. The van der Waals surface area contributed by atoms with Gasteiger partial charge in [0.05, 0.1) is 11.3 Å². The van der Waals surface area contributed by atoms with E-state index in [1.807, 2.05) is 61.5 Å². The lowest BCUT2D eigenvalue weighted by atomic mass is 10.0. The van der Waals surface area contributed by atoms with Gasteiger partial charge in [-0.15, -0.1) is 0 Å². The highest BCUT2D eigenvalue weighted by atomic mass is 19.1. The van der Waals surface area contributed by atoms with Crippen LogP contribution in [0.4, 0.5) is 10.1 Å². The molecule has 3 aromatic carbocycles. The Morgan fingerprint density at radius 3 is 2.10 bits per heavy atom. The molecule has 0 saturated carbocycles. The summed E-state index contributed by atoms with van der Waals surface area (Å²) in [5.41, 5.74) is 3.79. The molecule has 5 heteroatoms. The molecule has 0 radical (unpaired) electrons. The van der Waals surface area contributed by atoms with Crippen LogP contribution in [0.25, 0.3) is 5.57 Å². The van der Waals surface area contributed by atoms with Crippen LogP contribution in [0.5, 0.6) is 0 Å². The van der Waals surface area contributed by atoms with Crippen molar-refractivity contribution in [1.82, 2.24) is 4.90 Å². The van der Waals surface area contributed by atoms with E-state index in [0.29, 0.717) is 29.1 Å². The Labute approximate surface area is 174 Å². The van der Waals surface area contributed by atoms with E-state index in [1.54, 1.807) is 11.9 Å². The Kier molecular flexibility index (Phi) is 5.19. The maximum atomic E-state index is 13.4. The first-order chi connectivity index (χ1) is 14.5. The highest BCUT2D eigenvalue weighted by Gasteiger charge is 2.41. The molecule has 0 N–H and O–H groups in total. The number of carbonyl (C=O) groups is 2. The Bertz CT molecular complexity index is 1120. The summed E-state index contributed by atoms with van der Waals surface area (Å²) in [4.78, 5) is 29.7. The van der Waals surface area contributed by atoms with Crippen LogP contribution in [0.1, 0.15) is 16.7 Å². The summed E-state index contributed by atoms with van der Waals surface area (Å²) in [5, 5.41) is 0. The van der Waals surface area contributed by atoms with Crippen LogP contribution in [-0.4, -0.2) is 23.8 Å². The van der Waals surface area contributed by atoms with Crippen molar-refractivity contribution in [2.75, 3.05) is 11.9 Å². The normalized spacial score (nSPS) is 13.9. The van der Waals surface area contributed by atoms with Crippen LogP contribution in [0.15, 0.2) is 84.6 Å². The van der Waals surface area contributed by atoms with Gasteiger partial charge in [-0.2, -0.15) is 0 Å². The summed E-state index contributed by atoms with van der Waals surface area (Å²) in [5.74, 6) is -1.25. The molecule has 2 amide bonds. The van der Waals surface area contributed by atoms with Gasteiger partial charge in [-0.05, 0) is 42.3 Å². The predicted molar refractivity (Wildman–Crippen MR) is 115 cm³/mol. The van der Waals surface area contributed by atoms with E-state index < -0.39 is 17.6 Å². The first kappa shape index (κ1) is 19.6. The fourth-order valence-corrected chi connectivity index (χ4v) is 3.61. The smallest absolute Gasteiger partial charge is 0.282 e. The minimum Gasteiger partial charge on any atom is -0.365 e. The van der Waals surface area contributed by atoms with Gasteiger partial charge in [0.1, 0.15) is 11.5 Å². The molecule has 1 aliphatic heterocycles. The summed E-state index contributed by atoms with van der Waals surface area (Å²) in [7, 11) is 1.80. The van der Waals surface area contributed by atoms with Gasteiger partial charge in [0.2, 0.25) is 0 Å². The minimum atomic E-state index is -0.425. The average molecular weight is 400 g/mol. The Morgan fingerprint density at radius 2 is 1.47 bits per heavy atom. The van der Waals surface area contributed by atoms with Crippen molar-refractivity contribution in [3.05, 3.63) is 107 Å². The van der Waals surface area contributed by atoms with E-state index in [2.05, 4.69) is 0 Å². The number of imide groups is 1. The first-order valence-corrected chi connectivity index (χ1v) is 9.66. The number of nitrogens with zero attached hydrogens (tertiary/aromatic N) is 2. The molecule has 30 heavy (non-hydrogen) atoms. The number of amides is 2. The molecule has 0 aliphatic carbocycles. The van der Waals surface area contributed by atoms with Crippen LogP contribution in [0.3, 0.4) is 0 Å². The predicted octanol–water partition coefficient (Wildman–Crippen LogP) is 4.55. The Balaban J connectivity index is 1.79. The molecule has 4 rings (SSSR count). The number of benzene rings is 3. The Morgan fingerprint density at radius 1 is 0.833 bits per heavy atom. The van der Waals surface area contributed by atoms with Crippen molar-refractivity contribution in [3.8, 4) is 0 Å². The van der Waals surface area contributed by atoms with Gasteiger partial charge < -0.3 is 4.90 Å². The molecule has 0 aromatic heterocycles. The molecule has 3 aromatic rings. The third-order valence-corrected chi connectivity index (χ3v) is 5.13. The molecule has 0 bridgehead atoms. The van der Waals surface area contributed by atoms with Gasteiger partial charge in [0, 0.05) is 13.6 Å². The summed E-state index contributed by atoms with van der Waals surface area (Å²) < 4.78 is 13.4. The molecule has 0 spiro atoms. The number of rotatable bonds is 5. The number of halogens is 1. The van der Waals surface area contributed by atoms with Crippen molar-refractivity contribution in [2.24, 2.45) is 0 Å². The fourth-order valence-electron chi connectivity index (χ4n) is 3.61. The van der Waals surface area contributed by atoms with Crippen molar-refractivity contribution >= 4 is 23.1 Å². The molecule has 1 aliphatic rings. The second-order valence-corrected chi connectivity index (χ2v) is 7.35. The summed E-state index contributed by atoms with van der Waals surface area (Å²) in [6, 6.07) is 22.6. The van der Waals surface area contributed by atoms with Gasteiger partial charge in [-0.1, -0.05) is 60.2 Å². The lowest BCUT2D eigenvalue weighted by Gasteiger charge is -2.21.